The number of carbonyl (C=O) groups excluding carboxylic acids is 1. The van der Waals surface area contributed by atoms with Crippen LogP contribution in [0.1, 0.15) is 23.1 Å². The summed E-state index contributed by atoms with van der Waals surface area (Å²) in [5, 5.41) is 19.2. The zero-order valence-electron chi connectivity index (χ0n) is 15.2. The van der Waals surface area contributed by atoms with Gasteiger partial charge in [0.1, 0.15) is 10.8 Å². The fourth-order valence-corrected chi connectivity index (χ4v) is 3.73. The smallest absolute Gasteiger partial charge is 0.257 e. The highest BCUT2D eigenvalue weighted by Gasteiger charge is 2.12. The Morgan fingerprint density at radius 2 is 2.00 bits per heavy atom. The van der Waals surface area contributed by atoms with E-state index in [1.54, 1.807) is 4.52 Å². The molecule has 29 heavy (non-hydrogen) atoms. The minimum Gasteiger partial charge on any atom is -0.332 e. The molecule has 0 saturated heterocycles. The van der Waals surface area contributed by atoms with Crippen LogP contribution >= 0.6 is 23.6 Å². The van der Waals surface area contributed by atoms with Gasteiger partial charge in [0.25, 0.3) is 5.91 Å². The van der Waals surface area contributed by atoms with Crippen LogP contribution in [0.15, 0.2) is 48.5 Å². The van der Waals surface area contributed by atoms with E-state index in [-0.39, 0.29) is 10.7 Å². The summed E-state index contributed by atoms with van der Waals surface area (Å²) in [6.45, 7) is 2.01. The molecule has 1 amide bonds. The van der Waals surface area contributed by atoms with Crippen molar-refractivity contribution in [2.45, 2.75) is 13.3 Å². The first-order valence-corrected chi connectivity index (χ1v) is 9.95. The second kappa shape index (κ2) is 8.02. The Balaban J connectivity index is 1.42. The number of nitrogens with zero attached hydrogens (tertiary/aromatic N) is 4. The number of nitrogens with one attached hydrogen (secondary N) is 2. The van der Waals surface area contributed by atoms with Crippen molar-refractivity contribution < 1.29 is 9.18 Å². The fraction of sp³-hybridized carbons (Fsp3) is 0.105. The Morgan fingerprint density at radius 1 is 1.21 bits per heavy atom. The lowest BCUT2D eigenvalue weighted by atomic mass is 10.2. The molecule has 10 heteroatoms. The third-order valence-electron chi connectivity index (χ3n) is 4.08. The lowest BCUT2D eigenvalue weighted by Gasteiger charge is -2.10. The number of halogens is 1. The van der Waals surface area contributed by atoms with Crippen molar-refractivity contribution in [2.24, 2.45) is 0 Å². The second-order valence-electron chi connectivity index (χ2n) is 6.07. The van der Waals surface area contributed by atoms with Gasteiger partial charge in [0.15, 0.2) is 10.9 Å². The van der Waals surface area contributed by atoms with Crippen molar-refractivity contribution in [3.8, 4) is 10.6 Å². The monoisotopic (exact) mass is 426 g/mol. The Bertz CT molecular complexity index is 1200. The Kier molecular flexibility index (Phi) is 5.28. The molecule has 0 unspecified atom stereocenters. The molecule has 4 rings (SSSR count). The molecule has 0 radical (unpaired) electrons. The maximum Gasteiger partial charge on any atom is 0.257 e. The molecule has 0 bridgehead atoms. The van der Waals surface area contributed by atoms with Crippen LogP contribution in [0.3, 0.4) is 0 Å². The zero-order valence-corrected chi connectivity index (χ0v) is 16.9. The van der Waals surface area contributed by atoms with Crippen LogP contribution < -0.4 is 10.6 Å². The summed E-state index contributed by atoms with van der Waals surface area (Å²) >= 11 is 6.62. The largest absolute Gasteiger partial charge is 0.332 e. The quantitative estimate of drug-likeness (QED) is 0.485. The molecule has 0 aliphatic heterocycles. The molecule has 0 fully saturated rings. The van der Waals surface area contributed by atoms with Crippen molar-refractivity contribution in [1.82, 2.24) is 25.1 Å². The van der Waals surface area contributed by atoms with Gasteiger partial charge in [-0.3, -0.25) is 10.1 Å². The minimum absolute atomic E-state index is 0.124. The van der Waals surface area contributed by atoms with E-state index in [2.05, 4.69) is 25.9 Å². The molecule has 2 heterocycles. The van der Waals surface area contributed by atoms with E-state index >= 15 is 0 Å². The van der Waals surface area contributed by atoms with E-state index in [4.69, 9.17) is 12.2 Å². The number of carbonyl (C=O) groups is 1. The Morgan fingerprint density at radius 3 is 2.72 bits per heavy atom. The van der Waals surface area contributed by atoms with Gasteiger partial charge in [-0.1, -0.05) is 24.3 Å². The molecule has 0 atom stereocenters. The van der Waals surface area contributed by atoms with E-state index in [1.165, 1.54) is 29.5 Å². The summed E-state index contributed by atoms with van der Waals surface area (Å²) in [7, 11) is 0. The molecule has 146 valence electrons. The van der Waals surface area contributed by atoms with Crippen LogP contribution in [0, 0.1) is 5.82 Å². The van der Waals surface area contributed by atoms with Crippen molar-refractivity contribution >= 4 is 45.2 Å². The Hall–Kier alpha value is -3.24. The molecule has 0 spiro atoms. The third-order valence-corrected chi connectivity index (χ3v) is 5.23. The van der Waals surface area contributed by atoms with Gasteiger partial charge in [-0.15, -0.1) is 10.2 Å². The van der Waals surface area contributed by atoms with Gasteiger partial charge in [0.2, 0.25) is 4.96 Å². The first kappa shape index (κ1) is 19.1. The highest BCUT2D eigenvalue weighted by Crippen LogP contribution is 2.26. The molecule has 0 aliphatic rings. The van der Waals surface area contributed by atoms with Crippen LogP contribution in [-0.4, -0.2) is 30.8 Å². The molecule has 2 aromatic heterocycles. The number of rotatable bonds is 4. The lowest BCUT2D eigenvalue weighted by molar-refractivity contribution is 0.0977. The molecule has 2 aromatic carbocycles. The normalized spacial score (nSPS) is 10.8. The van der Waals surface area contributed by atoms with E-state index in [9.17, 15) is 9.18 Å². The number of aromatic nitrogens is 4. The summed E-state index contributed by atoms with van der Waals surface area (Å²) < 4.78 is 15.0. The molecular formula is C19H15FN6OS2. The molecule has 4 aromatic rings. The van der Waals surface area contributed by atoms with Crippen LogP contribution in [0.4, 0.5) is 10.1 Å². The number of thiocarbonyl (C=S) groups is 1. The maximum absolute atomic E-state index is 13.2. The number of aryl methyl sites for hydroxylation is 1. The molecule has 2 N–H and O–H groups in total. The van der Waals surface area contributed by atoms with Gasteiger partial charge in [0.05, 0.1) is 0 Å². The first-order valence-electron chi connectivity index (χ1n) is 8.73. The minimum atomic E-state index is -0.483. The molecule has 0 saturated carbocycles. The number of fused-ring (bicyclic) bond motifs is 1. The van der Waals surface area contributed by atoms with E-state index in [0.717, 1.165) is 33.8 Å². The van der Waals surface area contributed by atoms with Crippen molar-refractivity contribution in [3.63, 3.8) is 0 Å². The molecule has 0 aliphatic carbocycles. The van der Waals surface area contributed by atoms with Crippen LogP contribution in [-0.2, 0) is 6.42 Å². The van der Waals surface area contributed by atoms with Gasteiger partial charge >= 0.3 is 0 Å². The second-order valence-corrected chi connectivity index (χ2v) is 7.43. The average Bonchev–Trinajstić information content (AvgIpc) is 3.29. The summed E-state index contributed by atoms with van der Waals surface area (Å²) in [6.07, 6.45) is 0.756. The van der Waals surface area contributed by atoms with E-state index in [1.807, 2.05) is 31.2 Å². The van der Waals surface area contributed by atoms with Gasteiger partial charge in [-0.2, -0.15) is 9.61 Å². The predicted molar refractivity (Wildman–Crippen MR) is 114 cm³/mol. The maximum atomic E-state index is 13.2. The lowest BCUT2D eigenvalue weighted by Crippen LogP contribution is -2.34. The van der Waals surface area contributed by atoms with E-state index < -0.39 is 11.7 Å². The fourth-order valence-electron chi connectivity index (χ4n) is 2.66. The number of hydrogen-bond donors (Lipinski definition) is 2. The van der Waals surface area contributed by atoms with Crippen LogP contribution in [0.2, 0.25) is 0 Å². The standard InChI is InChI=1S/C19H15FN6OS2/c1-2-15-23-24-19-26(15)25-17(29-19)11-6-8-14(9-7-11)21-18(28)22-16(27)12-4-3-5-13(20)10-12/h3-10H,2H2,1H3,(H2,21,22,27,28). The summed E-state index contributed by atoms with van der Waals surface area (Å²) in [5.74, 6) is -0.145. The summed E-state index contributed by atoms with van der Waals surface area (Å²) in [4.78, 5) is 12.9. The number of amides is 1. The summed E-state index contributed by atoms with van der Waals surface area (Å²) in [5.41, 5.74) is 1.83. The summed E-state index contributed by atoms with van der Waals surface area (Å²) in [6, 6.07) is 12.9. The van der Waals surface area contributed by atoms with Gasteiger partial charge in [-0.05, 0) is 54.7 Å². The number of anilines is 1. The third kappa shape index (κ3) is 4.13. The van der Waals surface area contributed by atoms with Crippen LogP contribution in [0.5, 0.6) is 0 Å². The SMILES string of the molecule is CCc1nnc2sc(-c3ccc(NC(=S)NC(=O)c4cccc(F)c4)cc3)nn12. The highest BCUT2D eigenvalue weighted by molar-refractivity contribution is 7.80. The van der Waals surface area contributed by atoms with Crippen molar-refractivity contribution in [3.05, 3.63) is 65.7 Å². The van der Waals surface area contributed by atoms with Gasteiger partial charge in [-0.25, -0.2) is 4.39 Å². The van der Waals surface area contributed by atoms with Crippen molar-refractivity contribution in [2.75, 3.05) is 5.32 Å². The average molecular weight is 427 g/mol. The number of benzene rings is 2. The van der Waals surface area contributed by atoms with E-state index in [0.29, 0.717) is 5.69 Å². The topological polar surface area (TPSA) is 84.2 Å². The predicted octanol–water partition coefficient (Wildman–Crippen LogP) is 3.68. The van der Waals surface area contributed by atoms with Gasteiger partial charge in [0, 0.05) is 23.2 Å². The number of hydrogen-bond acceptors (Lipinski definition) is 6. The highest BCUT2D eigenvalue weighted by atomic mass is 32.1. The zero-order chi connectivity index (χ0) is 20.4. The molecule has 7 nitrogen and oxygen atoms in total. The first-order chi connectivity index (χ1) is 14.0. The Labute approximate surface area is 174 Å². The molecular weight excluding hydrogens is 411 g/mol. The van der Waals surface area contributed by atoms with Gasteiger partial charge < -0.3 is 5.32 Å². The van der Waals surface area contributed by atoms with Crippen molar-refractivity contribution in [1.29, 1.82) is 0 Å². The van der Waals surface area contributed by atoms with Crippen LogP contribution in [0.25, 0.3) is 15.5 Å².